The molecule has 0 aromatic heterocycles. The first kappa shape index (κ1) is 19.8. The van der Waals surface area contributed by atoms with Crippen molar-refractivity contribution >= 4 is 21.8 Å². The topological polar surface area (TPSA) is 67.8 Å². The summed E-state index contributed by atoms with van der Waals surface area (Å²) in [6.07, 6.45) is 4.58. The fourth-order valence-corrected chi connectivity index (χ4v) is 2.59. The van der Waals surface area contributed by atoms with Gasteiger partial charge in [-0.3, -0.25) is 4.79 Å². The maximum absolute atomic E-state index is 12.1. The zero-order valence-corrected chi connectivity index (χ0v) is 16.0. The molecule has 136 valence electrons. The van der Waals surface area contributed by atoms with Crippen molar-refractivity contribution in [3.05, 3.63) is 58.1 Å². The number of carbonyl (C=O) groups excluding carboxylic acids is 1. The van der Waals surface area contributed by atoms with E-state index in [4.69, 9.17) is 15.9 Å². The van der Waals surface area contributed by atoms with E-state index in [0.717, 1.165) is 10.0 Å². The maximum atomic E-state index is 12.1. The predicted octanol–water partition coefficient (Wildman–Crippen LogP) is 2.86. The van der Waals surface area contributed by atoms with Crippen LogP contribution in [0.15, 0.2) is 46.9 Å². The van der Waals surface area contributed by atoms with E-state index in [0.29, 0.717) is 30.0 Å². The molecule has 6 heteroatoms. The second-order valence-corrected chi connectivity index (χ2v) is 6.39. The van der Waals surface area contributed by atoms with Gasteiger partial charge in [0.2, 0.25) is 0 Å². The minimum absolute atomic E-state index is 0.166. The molecule has 0 spiro atoms. The van der Waals surface area contributed by atoms with Gasteiger partial charge in [0.1, 0.15) is 6.61 Å². The predicted molar refractivity (Wildman–Crippen MR) is 103 cm³/mol. The molecule has 0 aliphatic heterocycles. The molecular weight excluding hydrogens is 398 g/mol. The second-order valence-electron chi connectivity index (χ2n) is 5.47. The molecule has 0 bridgehead atoms. The first-order chi connectivity index (χ1) is 12.5. The molecule has 1 amide bonds. The van der Waals surface area contributed by atoms with Crippen LogP contribution in [0.4, 0.5) is 0 Å². The third-order valence-corrected chi connectivity index (χ3v) is 4.21. The molecule has 0 aliphatic rings. The van der Waals surface area contributed by atoms with Gasteiger partial charge in [-0.25, -0.2) is 0 Å². The number of benzene rings is 2. The van der Waals surface area contributed by atoms with Crippen molar-refractivity contribution in [3.8, 4) is 23.8 Å². The number of ether oxygens (including phenoxy) is 2. The lowest BCUT2D eigenvalue weighted by Gasteiger charge is -2.13. The highest BCUT2D eigenvalue weighted by Crippen LogP contribution is 2.28. The lowest BCUT2D eigenvalue weighted by molar-refractivity contribution is -0.129. The molecular formula is C20H20BrNO4. The summed E-state index contributed by atoms with van der Waals surface area (Å²) >= 11 is 3.32. The zero-order valence-electron chi connectivity index (χ0n) is 14.4. The van der Waals surface area contributed by atoms with Gasteiger partial charge in [0.25, 0.3) is 5.91 Å². The average molecular weight is 418 g/mol. The number of amides is 1. The summed E-state index contributed by atoms with van der Waals surface area (Å²) in [5.74, 6) is 3.12. The largest absolute Gasteiger partial charge is 0.493 e. The Bertz CT molecular complexity index is 783. The van der Waals surface area contributed by atoms with Crippen LogP contribution in [-0.4, -0.2) is 31.3 Å². The molecule has 2 rings (SSSR count). The van der Waals surface area contributed by atoms with E-state index in [1.165, 1.54) is 0 Å². The first-order valence-electron chi connectivity index (χ1n) is 7.99. The minimum atomic E-state index is -1.20. The molecule has 2 N–H and O–H groups in total. The summed E-state index contributed by atoms with van der Waals surface area (Å²) in [6, 6.07) is 12.5. The number of methoxy groups -OCH3 is 1. The maximum Gasteiger partial charge on any atom is 0.253 e. The van der Waals surface area contributed by atoms with Crippen molar-refractivity contribution in [1.82, 2.24) is 5.32 Å². The highest BCUT2D eigenvalue weighted by atomic mass is 79.9. The van der Waals surface area contributed by atoms with Crippen LogP contribution in [0.5, 0.6) is 11.5 Å². The lowest BCUT2D eigenvalue weighted by Crippen LogP contribution is -2.30. The molecule has 2 aromatic carbocycles. The molecule has 0 aliphatic carbocycles. The number of rotatable bonds is 8. The van der Waals surface area contributed by atoms with E-state index in [1.54, 1.807) is 37.4 Å². The van der Waals surface area contributed by atoms with Crippen molar-refractivity contribution in [3.63, 3.8) is 0 Å². The third-order valence-electron chi connectivity index (χ3n) is 3.69. The molecule has 0 saturated heterocycles. The van der Waals surface area contributed by atoms with Crippen molar-refractivity contribution in [1.29, 1.82) is 0 Å². The van der Waals surface area contributed by atoms with Crippen LogP contribution in [0.1, 0.15) is 17.2 Å². The Morgan fingerprint density at radius 1 is 1.27 bits per heavy atom. The van der Waals surface area contributed by atoms with E-state index in [1.807, 2.05) is 12.1 Å². The number of aliphatic hydroxyl groups is 1. The van der Waals surface area contributed by atoms with Crippen molar-refractivity contribution < 1.29 is 19.4 Å². The summed E-state index contributed by atoms with van der Waals surface area (Å²) < 4.78 is 11.6. The number of nitrogens with one attached hydrogen (secondary N) is 1. The van der Waals surface area contributed by atoms with Gasteiger partial charge in [0.05, 0.1) is 7.11 Å². The normalized spacial score (nSPS) is 11.3. The lowest BCUT2D eigenvalue weighted by atomic mass is 10.1. The highest BCUT2D eigenvalue weighted by Gasteiger charge is 2.16. The first-order valence-corrected chi connectivity index (χ1v) is 8.79. The van der Waals surface area contributed by atoms with Gasteiger partial charge in [-0.15, -0.1) is 6.42 Å². The zero-order chi connectivity index (χ0) is 18.9. The van der Waals surface area contributed by atoms with Gasteiger partial charge in [-0.05, 0) is 41.8 Å². The van der Waals surface area contributed by atoms with Crippen LogP contribution in [-0.2, 0) is 11.2 Å². The Labute approximate surface area is 161 Å². The SMILES string of the molecule is C#CCOc1ccc(CCNC(=O)C(O)c2ccc(Br)cc2)cc1OC. The Balaban J connectivity index is 1.89. The fraction of sp³-hybridized carbons (Fsp3) is 0.250. The number of terminal acetylenes is 1. The van der Waals surface area contributed by atoms with Crippen LogP contribution in [0, 0.1) is 12.3 Å². The van der Waals surface area contributed by atoms with Gasteiger partial charge in [0, 0.05) is 11.0 Å². The van der Waals surface area contributed by atoms with Crippen molar-refractivity contribution in [2.45, 2.75) is 12.5 Å². The Hall–Kier alpha value is -2.49. The Kier molecular flexibility index (Phi) is 7.52. The number of hydrogen-bond acceptors (Lipinski definition) is 4. The van der Waals surface area contributed by atoms with Gasteiger partial charge < -0.3 is 19.9 Å². The fourth-order valence-electron chi connectivity index (χ4n) is 2.33. The van der Waals surface area contributed by atoms with Crippen LogP contribution < -0.4 is 14.8 Å². The molecule has 1 atom stereocenters. The Morgan fingerprint density at radius 2 is 2.00 bits per heavy atom. The average Bonchev–Trinajstić information content (AvgIpc) is 2.66. The van der Waals surface area contributed by atoms with E-state index in [-0.39, 0.29) is 6.61 Å². The molecule has 0 radical (unpaired) electrons. The smallest absolute Gasteiger partial charge is 0.253 e. The molecule has 2 aromatic rings. The molecule has 0 fully saturated rings. The van der Waals surface area contributed by atoms with Crippen LogP contribution >= 0.6 is 15.9 Å². The molecule has 0 saturated carbocycles. The monoisotopic (exact) mass is 417 g/mol. The minimum Gasteiger partial charge on any atom is -0.493 e. The second kappa shape index (κ2) is 9.85. The highest BCUT2D eigenvalue weighted by molar-refractivity contribution is 9.10. The summed E-state index contributed by atoms with van der Waals surface area (Å²) in [7, 11) is 1.55. The van der Waals surface area contributed by atoms with Gasteiger partial charge in [-0.1, -0.05) is 40.0 Å². The number of aliphatic hydroxyl groups excluding tert-OH is 1. The summed E-state index contributed by atoms with van der Waals surface area (Å²) in [4.78, 5) is 12.1. The number of carbonyl (C=O) groups is 1. The van der Waals surface area contributed by atoms with Gasteiger partial charge in [0.15, 0.2) is 17.6 Å². The quantitative estimate of drug-likeness (QED) is 0.648. The third kappa shape index (κ3) is 5.51. The van der Waals surface area contributed by atoms with E-state index in [9.17, 15) is 9.90 Å². The summed E-state index contributed by atoms with van der Waals surface area (Å²) in [6.45, 7) is 0.555. The molecule has 0 heterocycles. The standard InChI is InChI=1S/C20H20BrNO4/c1-3-12-26-17-9-4-14(13-18(17)25-2)10-11-22-20(24)19(23)15-5-7-16(21)8-6-15/h1,4-9,13,19,23H,10-12H2,2H3,(H,22,24). The number of hydrogen-bond donors (Lipinski definition) is 2. The summed E-state index contributed by atoms with van der Waals surface area (Å²) in [5, 5.41) is 12.8. The van der Waals surface area contributed by atoms with Crippen LogP contribution in [0.25, 0.3) is 0 Å². The van der Waals surface area contributed by atoms with E-state index >= 15 is 0 Å². The molecule has 1 unspecified atom stereocenters. The number of halogens is 1. The summed E-state index contributed by atoms with van der Waals surface area (Å²) in [5.41, 5.74) is 1.51. The van der Waals surface area contributed by atoms with Crippen molar-refractivity contribution in [2.24, 2.45) is 0 Å². The van der Waals surface area contributed by atoms with Crippen LogP contribution in [0.3, 0.4) is 0 Å². The van der Waals surface area contributed by atoms with Gasteiger partial charge in [-0.2, -0.15) is 0 Å². The van der Waals surface area contributed by atoms with Crippen LogP contribution in [0.2, 0.25) is 0 Å². The Morgan fingerprint density at radius 3 is 2.65 bits per heavy atom. The van der Waals surface area contributed by atoms with E-state index < -0.39 is 12.0 Å². The van der Waals surface area contributed by atoms with E-state index in [2.05, 4.69) is 27.2 Å². The van der Waals surface area contributed by atoms with Gasteiger partial charge >= 0.3 is 0 Å². The van der Waals surface area contributed by atoms with Crippen molar-refractivity contribution in [2.75, 3.05) is 20.3 Å². The molecule has 5 nitrogen and oxygen atoms in total. The molecule has 26 heavy (non-hydrogen) atoms.